The second-order valence-electron chi connectivity index (χ2n) is 3.46. The Balaban J connectivity index is 2.65. The molecule has 0 saturated heterocycles. The van der Waals surface area contributed by atoms with E-state index in [1.807, 2.05) is 0 Å². The van der Waals surface area contributed by atoms with E-state index in [2.05, 4.69) is 4.74 Å². The van der Waals surface area contributed by atoms with Crippen LogP contribution in [-0.4, -0.2) is 24.9 Å². The summed E-state index contributed by atoms with van der Waals surface area (Å²) in [6.45, 7) is 0. The van der Waals surface area contributed by atoms with Gasteiger partial charge in [-0.05, 0) is 12.1 Å². The lowest BCUT2D eigenvalue weighted by molar-refractivity contribution is -0.144. The van der Waals surface area contributed by atoms with Crippen molar-refractivity contribution >= 4 is 17.8 Å². The Hall–Kier alpha value is -2.37. The third-order valence-corrected chi connectivity index (χ3v) is 2.16. The number of esters is 2. The fourth-order valence-corrected chi connectivity index (χ4v) is 1.26. The molecule has 0 heterocycles. The molecular formula is C12H14N2O4. The predicted molar refractivity (Wildman–Crippen MR) is 64.3 cm³/mol. The molecule has 0 unspecified atom stereocenters. The SMILES string of the molecule is COC(=O)CCC(=O)Oc1ccccc1C(=N)N. The Morgan fingerprint density at radius 2 is 1.83 bits per heavy atom. The van der Waals surface area contributed by atoms with Gasteiger partial charge in [0.1, 0.15) is 11.6 Å². The van der Waals surface area contributed by atoms with Gasteiger partial charge in [0.05, 0.1) is 25.5 Å². The van der Waals surface area contributed by atoms with Crippen molar-refractivity contribution in [3.63, 3.8) is 0 Å². The number of benzene rings is 1. The van der Waals surface area contributed by atoms with Gasteiger partial charge >= 0.3 is 11.9 Å². The van der Waals surface area contributed by atoms with Gasteiger partial charge in [-0.1, -0.05) is 12.1 Å². The minimum Gasteiger partial charge on any atom is -0.469 e. The maximum absolute atomic E-state index is 11.5. The molecule has 0 saturated carbocycles. The first-order chi connectivity index (χ1) is 8.54. The average Bonchev–Trinajstić information content (AvgIpc) is 2.36. The molecule has 1 aromatic carbocycles. The summed E-state index contributed by atoms with van der Waals surface area (Å²) in [6, 6.07) is 6.45. The van der Waals surface area contributed by atoms with Crippen LogP contribution in [0.2, 0.25) is 0 Å². The van der Waals surface area contributed by atoms with E-state index < -0.39 is 11.9 Å². The maximum atomic E-state index is 11.5. The zero-order valence-electron chi connectivity index (χ0n) is 9.93. The van der Waals surface area contributed by atoms with Crippen LogP contribution in [0.5, 0.6) is 5.75 Å². The number of hydrogen-bond acceptors (Lipinski definition) is 5. The summed E-state index contributed by atoms with van der Waals surface area (Å²) in [5.74, 6) is -1.04. The molecule has 0 aromatic heterocycles. The van der Waals surface area contributed by atoms with Crippen molar-refractivity contribution in [2.75, 3.05) is 7.11 Å². The molecule has 0 aliphatic heterocycles. The second kappa shape index (κ2) is 6.39. The van der Waals surface area contributed by atoms with Crippen molar-refractivity contribution < 1.29 is 19.1 Å². The molecule has 0 fully saturated rings. The second-order valence-corrected chi connectivity index (χ2v) is 3.46. The maximum Gasteiger partial charge on any atom is 0.311 e. The van der Waals surface area contributed by atoms with Crippen LogP contribution >= 0.6 is 0 Å². The first-order valence-corrected chi connectivity index (χ1v) is 5.25. The summed E-state index contributed by atoms with van der Waals surface area (Å²) < 4.78 is 9.45. The summed E-state index contributed by atoms with van der Waals surface area (Å²) in [6.07, 6.45) is -0.128. The van der Waals surface area contributed by atoms with Crippen LogP contribution in [0.3, 0.4) is 0 Å². The topological polar surface area (TPSA) is 102 Å². The number of amidine groups is 1. The first-order valence-electron chi connectivity index (χ1n) is 5.25. The van der Waals surface area contributed by atoms with Crippen molar-refractivity contribution in [2.24, 2.45) is 5.73 Å². The fourth-order valence-electron chi connectivity index (χ4n) is 1.26. The van der Waals surface area contributed by atoms with Gasteiger partial charge in [-0.3, -0.25) is 15.0 Å². The molecule has 96 valence electrons. The lowest BCUT2D eigenvalue weighted by Gasteiger charge is -2.08. The Morgan fingerprint density at radius 3 is 2.44 bits per heavy atom. The van der Waals surface area contributed by atoms with E-state index in [1.54, 1.807) is 18.2 Å². The lowest BCUT2D eigenvalue weighted by atomic mass is 10.2. The predicted octanol–water partition coefficient (Wildman–Crippen LogP) is 0.829. The van der Waals surface area contributed by atoms with Crippen LogP contribution in [0, 0.1) is 5.41 Å². The molecule has 18 heavy (non-hydrogen) atoms. The van der Waals surface area contributed by atoms with E-state index in [0.29, 0.717) is 5.56 Å². The number of nitrogens with one attached hydrogen (secondary N) is 1. The number of para-hydroxylation sites is 1. The number of rotatable bonds is 5. The number of carbonyl (C=O) groups excluding carboxylic acids is 2. The van der Waals surface area contributed by atoms with Crippen LogP contribution in [0.4, 0.5) is 0 Å². The molecule has 0 aliphatic rings. The van der Waals surface area contributed by atoms with Crippen molar-refractivity contribution in [3.05, 3.63) is 29.8 Å². The van der Waals surface area contributed by atoms with E-state index in [4.69, 9.17) is 15.9 Å². The van der Waals surface area contributed by atoms with Gasteiger partial charge in [0.2, 0.25) is 0 Å². The normalized spacial score (nSPS) is 9.61. The molecule has 0 bridgehead atoms. The summed E-state index contributed by atoms with van der Waals surface area (Å²) >= 11 is 0. The highest BCUT2D eigenvalue weighted by atomic mass is 16.5. The van der Waals surface area contributed by atoms with Crippen molar-refractivity contribution in [3.8, 4) is 5.75 Å². The van der Waals surface area contributed by atoms with Gasteiger partial charge in [-0.2, -0.15) is 0 Å². The lowest BCUT2D eigenvalue weighted by Crippen LogP contribution is -2.16. The summed E-state index contributed by atoms with van der Waals surface area (Å²) in [5, 5.41) is 7.33. The Morgan fingerprint density at radius 1 is 1.22 bits per heavy atom. The highest BCUT2D eigenvalue weighted by Crippen LogP contribution is 2.17. The van der Waals surface area contributed by atoms with E-state index in [1.165, 1.54) is 13.2 Å². The van der Waals surface area contributed by atoms with Crippen LogP contribution in [0.25, 0.3) is 0 Å². The molecule has 0 atom stereocenters. The summed E-state index contributed by atoms with van der Waals surface area (Å²) in [7, 11) is 1.25. The number of ether oxygens (including phenoxy) is 2. The number of nitrogen functional groups attached to an aromatic ring is 1. The van der Waals surface area contributed by atoms with Gasteiger partial charge in [0, 0.05) is 0 Å². The number of hydrogen-bond donors (Lipinski definition) is 2. The van der Waals surface area contributed by atoms with E-state index >= 15 is 0 Å². The number of nitrogens with two attached hydrogens (primary N) is 1. The molecule has 6 heteroatoms. The minimum atomic E-state index is -0.575. The molecule has 6 nitrogen and oxygen atoms in total. The Labute approximate surface area is 104 Å². The summed E-state index contributed by atoms with van der Waals surface area (Å²) in [4.78, 5) is 22.3. The third-order valence-electron chi connectivity index (χ3n) is 2.16. The van der Waals surface area contributed by atoms with Gasteiger partial charge in [0.25, 0.3) is 0 Å². The van der Waals surface area contributed by atoms with Gasteiger partial charge in [-0.15, -0.1) is 0 Å². The van der Waals surface area contributed by atoms with Crippen molar-refractivity contribution in [1.29, 1.82) is 5.41 Å². The number of carbonyl (C=O) groups is 2. The Kier molecular flexibility index (Phi) is 4.86. The highest BCUT2D eigenvalue weighted by Gasteiger charge is 2.12. The standard InChI is InChI=1S/C12H14N2O4/c1-17-10(15)6-7-11(16)18-9-5-3-2-4-8(9)12(13)14/h2-5H,6-7H2,1H3,(H3,13,14). The zero-order chi connectivity index (χ0) is 13.5. The molecule has 0 amide bonds. The molecular weight excluding hydrogens is 236 g/mol. The molecule has 3 N–H and O–H groups in total. The molecule has 0 radical (unpaired) electrons. The van der Waals surface area contributed by atoms with Gasteiger partial charge in [0.15, 0.2) is 0 Å². The molecule has 1 aromatic rings. The first kappa shape index (κ1) is 13.7. The quantitative estimate of drug-likeness (QED) is 0.349. The largest absolute Gasteiger partial charge is 0.469 e. The fraction of sp³-hybridized carbons (Fsp3) is 0.250. The molecule has 1 rings (SSSR count). The highest BCUT2D eigenvalue weighted by molar-refractivity contribution is 5.98. The van der Waals surface area contributed by atoms with Crippen molar-refractivity contribution in [1.82, 2.24) is 0 Å². The molecule has 0 aliphatic carbocycles. The van der Waals surface area contributed by atoms with Gasteiger partial charge in [-0.25, -0.2) is 0 Å². The van der Waals surface area contributed by atoms with Crippen molar-refractivity contribution in [2.45, 2.75) is 12.8 Å². The van der Waals surface area contributed by atoms with E-state index in [-0.39, 0.29) is 24.4 Å². The third kappa shape index (κ3) is 3.89. The van der Waals surface area contributed by atoms with Crippen LogP contribution in [0.1, 0.15) is 18.4 Å². The monoisotopic (exact) mass is 250 g/mol. The zero-order valence-corrected chi connectivity index (χ0v) is 9.93. The van der Waals surface area contributed by atoms with Crippen LogP contribution in [-0.2, 0) is 14.3 Å². The van der Waals surface area contributed by atoms with E-state index in [0.717, 1.165) is 0 Å². The average molecular weight is 250 g/mol. The van der Waals surface area contributed by atoms with E-state index in [9.17, 15) is 9.59 Å². The summed E-state index contributed by atoms with van der Waals surface area (Å²) in [5.41, 5.74) is 5.69. The van der Waals surface area contributed by atoms with Gasteiger partial charge < -0.3 is 15.2 Å². The van der Waals surface area contributed by atoms with Crippen LogP contribution < -0.4 is 10.5 Å². The number of methoxy groups -OCH3 is 1. The molecule has 0 spiro atoms. The Bertz CT molecular complexity index is 471. The minimum absolute atomic E-state index is 0.0441. The van der Waals surface area contributed by atoms with Crippen LogP contribution in [0.15, 0.2) is 24.3 Å². The smallest absolute Gasteiger partial charge is 0.311 e.